The molecule has 0 aromatic rings. The van der Waals surface area contributed by atoms with E-state index in [1.54, 1.807) is 20.8 Å². The summed E-state index contributed by atoms with van der Waals surface area (Å²) in [5.41, 5.74) is 0.251. The van der Waals surface area contributed by atoms with Crippen LogP contribution >= 0.6 is 0 Å². The topological polar surface area (TPSA) is 58.6 Å². The van der Waals surface area contributed by atoms with E-state index < -0.39 is 17.7 Å². The minimum absolute atomic E-state index is 0.161. The van der Waals surface area contributed by atoms with Crippen molar-refractivity contribution in [3.63, 3.8) is 0 Å². The van der Waals surface area contributed by atoms with Gasteiger partial charge >= 0.3 is 6.09 Å². The van der Waals surface area contributed by atoms with E-state index in [9.17, 15) is 4.79 Å². The third-order valence-electron chi connectivity index (χ3n) is 1.82. The highest BCUT2D eigenvalue weighted by molar-refractivity contribution is 5.68. The van der Waals surface area contributed by atoms with Gasteiger partial charge in [-0.1, -0.05) is 19.1 Å². The average Bonchev–Trinajstić information content (AvgIpc) is 2.10. The number of carbonyl (C=O) groups excluding carboxylic acids is 1. The van der Waals surface area contributed by atoms with E-state index in [1.807, 2.05) is 6.92 Å². The summed E-state index contributed by atoms with van der Waals surface area (Å²) in [6, 6.07) is -0.426. The van der Waals surface area contributed by atoms with Crippen molar-refractivity contribution in [2.75, 3.05) is 6.61 Å². The Bertz CT molecular complexity index is 230. The van der Waals surface area contributed by atoms with Crippen molar-refractivity contribution in [1.82, 2.24) is 5.32 Å². The van der Waals surface area contributed by atoms with E-state index in [0.29, 0.717) is 6.42 Å². The molecular formula is C11H21NO3. The first-order valence-electron chi connectivity index (χ1n) is 5.08. The first-order chi connectivity index (χ1) is 6.80. The Morgan fingerprint density at radius 2 is 2.07 bits per heavy atom. The van der Waals surface area contributed by atoms with E-state index in [1.165, 1.54) is 0 Å². The minimum Gasteiger partial charge on any atom is -0.444 e. The van der Waals surface area contributed by atoms with Crippen LogP contribution < -0.4 is 5.32 Å². The fourth-order valence-electron chi connectivity index (χ4n) is 0.973. The van der Waals surface area contributed by atoms with Crippen molar-refractivity contribution in [1.29, 1.82) is 0 Å². The Balaban J connectivity index is 4.20. The lowest BCUT2D eigenvalue weighted by molar-refractivity contribution is 0.0494. The molecule has 0 saturated heterocycles. The molecule has 0 heterocycles. The van der Waals surface area contributed by atoms with Crippen LogP contribution in [0.25, 0.3) is 0 Å². The molecule has 2 N–H and O–H groups in total. The van der Waals surface area contributed by atoms with Gasteiger partial charge in [0.25, 0.3) is 0 Å². The number of hydrogen-bond donors (Lipinski definition) is 2. The predicted octanol–water partition coefficient (Wildman–Crippen LogP) is 1.84. The maximum atomic E-state index is 11.4. The number of aliphatic hydroxyl groups excluding tert-OH is 1. The van der Waals surface area contributed by atoms with Crippen LogP contribution in [0.15, 0.2) is 12.2 Å². The summed E-state index contributed by atoms with van der Waals surface area (Å²) in [6.07, 6.45) is 0.178. The molecule has 0 bridgehead atoms. The van der Waals surface area contributed by atoms with Gasteiger partial charge in [0.1, 0.15) is 5.60 Å². The fraction of sp³-hybridized carbons (Fsp3) is 0.727. The van der Waals surface area contributed by atoms with Gasteiger partial charge in [0.2, 0.25) is 0 Å². The summed E-state index contributed by atoms with van der Waals surface area (Å²) >= 11 is 0. The highest BCUT2D eigenvalue weighted by atomic mass is 16.6. The quantitative estimate of drug-likeness (QED) is 0.703. The monoisotopic (exact) mass is 215 g/mol. The first-order valence-corrected chi connectivity index (χ1v) is 5.08. The van der Waals surface area contributed by atoms with E-state index in [4.69, 9.17) is 9.84 Å². The summed E-state index contributed by atoms with van der Waals surface area (Å²) in [7, 11) is 0. The minimum atomic E-state index is -0.531. The zero-order valence-corrected chi connectivity index (χ0v) is 9.96. The van der Waals surface area contributed by atoms with Crippen LogP contribution in [0.4, 0.5) is 4.79 Å². The molecule has 0 saturated carbocycles. The Labute approximate surface area is 91.3 Å². The standard InChI is InChI=1S/C11H21NO3/c1-6-8(2)9(7-13)12-10(14)15-11(3,4)5/h9,13H,2,6-7H2,1,3-5H3,(H,12,14). The SMILES string of the molecule is C=C(CC)C(CO)NC(=O)OC(C)(C)C. The molecule has 0 radical (unpaired) electrons. The molecule has 0 spiro atoms. The van der Waals surface area contributed by atoms with Crippen molar-refractivity contribution in [2.24, 2.45) is 0 Å². The van der Waals surface area contributed by atoms with Gasteiger partial charge in [0.15, 0.2) is 0 Å². The van der Waals surface area contributed by atoms with Crippen LogP contribution in [0, 0.1) is 0 Å². The van der Waals surface area contributed by atoms with Crippen molar-refractivity contribution in [2.45, 2.75) is 45.8 Å². The normalized spacial score (nSPS) is 13.1. The molecule has 1 amide bonds. The molecule has 0 aromatic heterocycles. The second-order valence-corrected chi connectivity index (χ2v) is 4.39. The molecule has 15 heavy (non-hydrogen) atoms. The molecule has 4 heteroatoms. The first kappa shape index (κ1) is 14.0. The molecule has 1 unspecified atom stereocenters. The zero-order valence-electron chi connectivity index (χ0n) is 9.96. The number of hydrogen-bond acceptors (Lipinski definition) is 3. The molecule has 0 aromatic carbocycles. The summed E-state index contributed by atoms with van der Waals surface area (Å²) in [5, 5.41) is 11.6. The molecule has 4 nitrogen and oxygen atoms in total. The van der Waals surface area contributed by atoms with Crippen LogP contribution in [0.1, 0.15) is 34.1 Å². The summed E-state index contributed by atoms with van der Waals surface area (Å²) < 4.78 is 5.06. The largest absolute Gasteiger partial charge is 0.444 e. The second kappa shape index (κ2) is 5.75. The maximum Gasteiger partial charge on any atom is 0.408 e. The third-order valence-corrected chi connectivity index (χ3v) is 1.82. The van der Waals surface area contributed by atoms with Crippen LogP contribution in [0.5, 0.6) is 0 Å². The third kappa shape index (κ3) is 6.12. The smallest absolute Gasteiger partial charge is 0.408 e. The highest BCUT2D eigenvalue weighted by Crippen LogP contribution is 2.09. The average molecular weight is 215 g/mol. The van der Waals surface area contributed by atoms with Crippen molar-refractivity contribution in [3.05, 3.63) is 12.2 Å². The van der Waals surface area contributed by atoms with Gasteiger partial charge in [-0.3, -0.25) is 0 Å². The van der Waals surface area contributed by atoms with E-state index in [2.05, 4.69) is 11.9 Å². The van der Waals surface area contributed by atoms with E-state index >= 15 is 0 Å². The number of amides is 1. The molecule has 88 valence electrons. The zero-order chi connectivity index (χ0) is 12.1. The van der Waals surface area contributed by atoms with Gasteiger partial charge < -0.3 is 15.2 Å². The van der Waals surface area contributed by atoms with Crippen LogP contribution in [0.3, 0.4) is 0 Å². The van der Waals surface area contributed by atoms with Gasteiger partial charge in [-0.25, -0.2) is 4.79 Å². The number of rotatable bonds is 4. The van der Waals surface area contributed by atoms with Gasteiger partial charge in [0.05, 0.1) is 12.6 Å². The van der Waals surface area contributed by atoms with Gasteiger partial charge in [-0.05, 0) is 27.2 Å². The Morgan fingerprint density at radius 1 is 1.53 bits per heavy atom. The lowest BCUT2D eigenvalue weighted by Crippen LogP contribution is -2.41. The van der Waals surface area contributed by atoms with Gasteiger partial charge in [0, 0.05) is 0 Å². The molecule has 0 aliphatic rings. The maximum absolute atomic E-state index is 11.4. The Kier molecular flexibility index (Phi) is 5.36. The lowest BCUT2D eigenvalue weighted by Gasteiger charge is -2.23. The van der Waals surface area contributed by atoms with Gasteiger partial charge in [-0.15, -0.1) is 0 Å². The number of aliphatic hydroxyl groups is 1. The molecule has 0 fully saturated rings. The van der Waals surface area contributed by atoms with Crippen LogP contribution in [-0.2, 0) is 4.74 Å². The number of alkyl carbamates (subject to hydrolysis) is 1. The summed E-state index contributed by atoms with van der Waals surface area (Å²) in [5.74, 6) is 0. The highest BCUT2D eigenvalue weighted by Gasteiger charge is 2.19. The molecule has 0 aliphatic carbocycles. The molecule has 1 atom stereocenters. The predicted molar refractivity (Wildman–Crippen MR) is 59.7 cm³/mol. The van der Waals surface area contributed by atoms with Crippen molar-refractivity contribution in [3.8, 4) is 0 Å². The van der Waals surface area contributed by atoms with E-state index in [0.717, 1.165) is 5.57 Å². The fourth-order valence-corrected chi connectivity index (χ4v) is 0.973. The Morgan fingerprint density at radius 3 is 2.40 bits per heavy atom. The number of carbonyl (C=O) groups is 1. The van der Waals surface area contributed by atoms with Crippen LogP contribution in [-0.4, -0.2) is 29.4 Å². The van der Waals surface area contributed by atoms with Crippen molar-refractivity contribution < 1.29 is 14.6 Å². The Hall–Kier alpha value is -1.03. The van der Waals surface area contributed by atoms with Crippen molar-refractivity contribution >= 4 is 6.09 Å². The molecule has 0 aliphatic heterocycles. The molecule has 0 rings (SSSR count). The summed E-state index contributed by atoms with van der Waals surface area (Å²) in [4.78, 5) is 11.4. The number of nitrogens with one attached hydrogen (secondary N) is 1. The van der Waals surface area contributed by atoms with Crippen LogP contribution in [0.2, 0.25) is 0 Å². The summed E-state index contributed by atoms with van der Waals surface area (Å²) in [6.45, 7) is 10.9. The van der Waals surface area contributed by atoms with E-state index in [-0.39, 0.29) is 6.61 Å². The second-order valence-electron chi connectivity index (χ2n) is 4.39. The number of ether oxygens (including phenoxy) is 1. The van der Waals surface area contributed by atoms with Gasteiger partial charge in [-0.2, -0.15) is 0 Å². The molecular weight excluding hydrogens is 194 g/mol. The lowest BCUT2D eigenvalue weighted by atomic mass is 10.1.